The maximum absolute atomic E-state index is 2.20. The van der Waals surface area contributed by atoms with Crippen molar-refractivity contribution in [1.82, 2.24) is 0 Å². The number of rotatable bonds is 2. The van der Waals surface area contributed by atoms with E-state index >= 15 is 0 Å². The van der Waals surface area contributed by atoms with Crippen LogP contribution >= 0.6 is 0 Å². The monoisotopic (exact) mass is 332 g/mol. The Morgan fingerprint density at radius 3 is 1.58 bits per heavy atom. The maximum Gasteiger partial charge on any atom is 2.00 e. The molecule has 0 fully saturated rings. The molecule has 0 aromatic heterocycles. The van der Waals surface area contributed by atoms with Crippen LogP contribution in [0.2, 0.25) is 0 Å². The summed E-state index contributed by atoms with van der Waals surface area (Å²) in [5.74, 6) is 0. The molecule has 0 aliphatic heterocycles. The van der Waals surface area contributed by atoms with Crippen molar-refractivity contribution in [2.45, 2.75) is 54.4 Å². The van der Waals surface area contributed by atoms with E-state index in [9.17, 15) is 0 Å². The third-order valence-corrected chi connectivity index (χ3v) is 4.08. The first-order chi connectivity index (χ1) is 8.49. The standard InChI is InChI=1S/C10H15.C8H11.Zr/c1-6-7(2)9(4)10(5)8(6)3;1-2-5-8-6-3-4-7-8;/h1-5H3;3-4,6-7H,2,5H2,1H3;/q2*-1;+2. The molecule has 0 atom stereocenters. The Morgan fingerprint density at radius 2 is 1.32 bits per heavy atom. The molecule has 1 heteroatoms. The van der Waals surface area contributed by atoms with Crippen molar-refractivity contribution in [3.63, 3.8) is 0 Å². The van der Waals surface area contributed by atoms with Gasteiger partial charge in [-0.1, -0.05) is 54.4 Å². The van der Waals surface area contributed by atoms with Gasteiger partial charge < -0.3 is 0 Å². The van der Waals surface area contributed by atoms with Crippen LogP contribution in [0.3, 0.4) is 0 Å². The van der Waals surface area contributed by atoms with Crippen molar-refractivity contribution in [3.8, 4) is 0 Å². The molecule has 0 aliphatic rings. The molecule has 0 N–H and O–H groups in total. The molecular formula is C18H26Zr. The van der Waals surface area contributed by atoms with Crippen molar-refractivity contribution >= 4 is 0 Å². The third-order valence-electron chi connectivity index (χ3n) is 4.08. The molecule has 2 aromatic carbocycles. The zero-order valence-electron chi connectivity index (χ0n) is 13.2. The van der Waals surface area contributed by atoms with Crippen molar-refractivity contribution in [3.05, 3.63) is 57.6 Å². The van der Waals surface area contributed by atoms with E-state index < -0.39 is 0 Å². The molecular weight excluding hydrogens is 307 g/mol. The van der Waals surface area contributed by atoms with Crippen molar-refractivity contribution in [1.29, 1.82) is 0 Å². The van der Waals surface area contributed by atoms with Gasteiger partial charge in [0.05, 0.1) is 0 Å². The molecule has 0 radical (unpaired) electrons. The van der Waals surface area contributed by atoms with E-state index in [1.165, 1.54) is 46.2 Å². The molecule has 0 amide bonds. The van der Waals surface area contributed by atoms with E-state index in [-0.39, 0.29) is 26.2 Å². The summed E-state index contributed by atoms with van der Waals surface area (Å²) in [7, 11) is 0. The Kier molecular flexibility index (Phi) is 8.50. The van der Waals surface area contributed by atoms with Gasteiger partial charge >= 0.3 is 26.2 Å². The van der Waals surface area contributed by atoms with Crippen LogP contribution in [0.15, 0.2) is 24.3 Å². The maximum atomic E-state index is 2.20. The van der Waals surface area contributed by atoms with E-state index in [4.69, 9.17) is 0 Å². The van der Waals surface area contributed by atoms with Crippen LogP contribution in [-0.2, 0) is 32.6 Å². The Bertz CT molecular complexity index is 392. The number of hydrogen-bond donors (Lipinski definition) is 0. The molecule has 0 heterocycles. The van der Waals surface area contributed by atoms with Crippen LogP contribution in [0.25, 0.3) is 0 Å². The summed E-state index contributed by atoms with van der Waals surface area (Å²) >= 11 is 0. The summed E-state index contributed by atoms with van der Waals surface area (Å²) in [4.78, 5) is 0. The molecule has 0 unspecified atom stereocenters. The Labute approximate surface area is 138 Å². The zero-order chi connectivity index (χ0) is 13.7. The molecule has 102 valence electrons. The van der Waals surface area contributed by atoms with Crippen LogP contribution in [0, 0.1) is 34.6 Å². The first-order valence-electron chi connectivity index (χ1n) is 6.89. The smallest absolute Gasteiger partial charge is 0.213 e. The number of aryl methyl sites for hydroxylation is 1. The fraction of sp³-hybridized carbons (Fsp3) is 0.444. The summed E-state index contributed by atoms with van der Waals surface area (Å²) < 4.78 is 0. The fourth-order valence-electron chi connectivity index (χ4n) is 2.28. The molecule has 0 nitrogen and oxygen atoms in total. The van der Waals surface area contributed by atoms with Gasteiger partial charge in [-0.15, -0.1) is 0 Å². The molecule has 2 rings (SSSR count). The van der Waals surface area contributed by atoms with Crippen LogP contribution in [0.1, 0.15) is 46.7 Å². The second-order valence-corrected chi connectivity index (χ2v) is 5.17. The first-order valence-corrected chi connectivity index (χ1v) is 6.89. The van der Waals surface area contributed by atoms with Crippen molar-refractivity contribution in [2.75, 3.05) is 0 Å². The molecule has 0 bridgehead atoms. The Morgan fingerprint density at radius 1 is 0.895 bits per heavy atom. The summed E-state index contributed by atoms with van der Waals surface area (Å²) in [6, 6.07) is 8.52. The predicted octanol–water partition coefficient (Wildman–Crippen LogP) is 5.30. The van der Waals surface area contributed by atoms with Crippen molar-refractivity contribution < 1.29 is 26.2 Å². The van der Waals surface area contributed by atoms with Gasteiger partial charge in [-0.25, -0.2) is 12.1 Å². The van der Waals surface area contributed by atoms with Gasteiger partial charge in [0.15, 0.2) is 0 Å². The number of hydrogen-bond acceptors (Lipinski definition) is 0. The van der Waals surface area contributed by atoms with Crippen LogP contribution < -0.4 is 0 Å². The molecule has 0 aliphatic carbocycles. The minimum atomic E-state index is 0. The van der Waals surface area contributed by atoms with Gasteiger partial charge in [-0.2, -0.15) is 45.5 Å². The second-order valence-electron chi connectivity index (χ2n) is 5.17. The summed E-state index contributed by atoms with van der Waals surface area (Å²) in [6.07, 6.45) is 2.48. The minimum absolute atomic E-state index is 0. The normalized spacial score (nSPS) is 9.58. The van der Waals surface area contributed by atoms with E-state index in [0.717, 1.165) is 0 Å². The average molecular weight is 334 g/mol. The van der Waals surface area contributed by atoms with Gasteiger partial charge in [0.25, 0.3) is 0 Å². The van der Waals surface area contributed by atoms with Gasteiger partial charge in [-0.05, 0) is 0 Å². The van der Waals surface area contributed by atoms with E-state index in [0.29, 0.717) is 0 Å². The fourth-order valence-corrected chi connectivity index (χ4v) is 2.28. The Balaban J connectivity index is 0.000000331. The average Bonchev–Trinajstić information content (AvgIpc) is 2.93. The summed E-state index contributed by atoms with van der Waals surface area (Å²) in [6.45, 7) is 13.2. The van der Waals surface area contributed by atoms with Gasteiger partial charge in [0.2, 0.25) is 0 Å². The SMILES string of the molecule is CCC[c-]1cccc1.Cc1c(C)c(C)[c-](C)c1C.[Zr+2]. The van der Waals surface area contributed by atoms with Gasteiger partial charge in [0.1, 0.15) is 0 Å². The largest absolute Gasteiger partial charge is 2.00 e. The Hall–Kier alpha value is -0.417. The predicted molar refractivity (Wildman–Crippen MR) is 81.8 cm³/mol. The molecule has 0 saturated heterocycles. The topological polar surface area (TPSA) is 0 Å². The third kappa shape index (κ3) is 4.88. The van der Waals surface area contributed by atoms with Gasteiger partial charge in [0, 0.05) is 0 Å². The van der Waals surface area contributed by atoms with E-state index in [1.54, 1.807) is 0 Å². The molecule has 19 heavy (non-hydrogen) atoms. The van der Waals surface area contributed by atoms with E-state index in [1.807, 2.05) is 0 Å². The zero-order valence-corrected chi connectivity index (χ0v) is 15.7. The van der Waals surface area contributed by atoms with Crippen LogP contribution in [-0.4, -0.2) is 0 Å². The molecule has 0 saturated carbocycles. The summed E-state index contributed by atoms with van der Waals surface area (Å²) in [5, 5.41) is 0. The summed E-state index contributed by atoms with van der Waals surface area (Å²) in [5.41, 5.74) is 8.80. The van der Waals surface area contributed by atoms with Crippen LogP contribution in [0.5, 0.6) is 0 Å². The molecule has 2 aromatic rings. The van der Waals surface area contributed by atoms with Gasteiger partial charge in [-0.3, -0.25) is 0 Å². The van der Waals surface area contributed by atoms with E-state index in [2.05, 4.69) is 65.8 Å². The second kappa shape index (κ2) is 8.69. The van der Waals surface area contributed by atoms with Crippen LogP contribution in [0.4, 0.5) is 0 Å². The minimum Gasteiger partial charge on any atom is -0.213 e. The quantitative estimate of drug-likeness (QED) is 0.654. The van der Waals surface area contributed by atoms with Crippen molar-refractivity contribution in [2.24, 2.45) is 0 Å². The molecule has 0 spiro atoms. The first kappa shape index (κ1) is 18.6.